The Balaban J connectivity index is 1.72. The maximum atomic E-state index is 11.5. The zero-order valence-electron chi connectivity index (χ0n) is 19.1. The Bertz CT molecular complexity index is 1340. The van der Waals surface area contributed by atoms with E-state index in [1.165, 1.54) is 0 Å². The van der Waals surface area contributed by atoms with Crippen molar-refractivity contribution in [3.8, 4) is 22.8 Å². The summed E-state index contributed by atoms with van der Waals surface area (Å²) >= 11 is 0. The van der Waals surface area contributed by atoms with Crippen LogP contribution in [0, 0.1) is 6.92 Å². The van der Waals surface area contributed by atoms with E-state index in [2.05, 4.69) is 11.9 Å². The van der Waals surface area contributed by atoms with Crippen LogP contribution in [0.5, 0.6) is 11.5 Å². The van der Waals surface area contributed by atoms with Gasteiger partial charge < -0.3 is 20.9 Å². The lowest BCUT2D eigenvalue weighted by molar-refractivity contribution is 0.1000. The summed E-state index contributed by atoms with van der Waals surface area (Å²) in [6.45, 7) is 6.46. The van der Waals surface area contributed by atoms with Crippen molar-refractivity contribution in [1.29, 1.82) is 0 Å². The molecule has 0 saturated heterocycles. The summed E-state index contributed by atoms with van der Waals surface area (Å²) < 4.78 is 6.97. The number of carbonyl (C=O) groups is 1. The fraction of sp³-hybridized carbons (Fsp3) is 0.111. The number of methoxy groups -OCH3 is 1. The average Bonchev–Trinajstić information content (AvgIpc) is 3.16. The van der Waals surface area contributed by atoms with Gasteiger partial charge in [-0.2, -0.15) is 5.10 Å². The van der Waals surface area contributed by atoms with Crippen LogP contribution in [-0.4, -0.2) is 27.9 Å². The molecule has 0 radical (unpaired) electrons. The number of rotatable bonds is 8. The molecule has 4 rings (SSSR count). The molecule has 0 atom stereocenters. The molecule has 1 amide bonds. The number of hydrogen-bond donors (Lipinski definition) is 3. The Kier molecular flexibility index (Phi) is 6.36. The van der Waals surface area contributed by atoms with E-state index in [0.29, 0.717) is 29.2 Å². The summed E-state index contributed by atoms with van der Waals surface area (Å²) in [6.07, 6.45) is 0. The standard InChI is InChI=1S/C27H26N4O3/c1-17-15-21(27(28)33)11-14-23(17)29-18(2)25-26(32)24(20-7-5-4-6-8-20)30-31(25)16-19-9-12-22(34-3)13-10-19/h4-15,29,32H,2,16H2,1,3H3,(H2,28,33). The van der Waals surface area contributed by atoms with Gasteiger partial charge in [-0.25, -0.2) is 0 Å². The van der Waals surface area contributed by atoms with Crippen LogP contribution in [0.1, 0.15) is 27.2 Å². The summed E-state index contributed by atoms with van der Waals surface area (Å²) in [6, 6.07) is 22.3. The minimum atomic E-state index is -0.490. The number of nitrogens with two attached hydrogens (primary N) is 1. The van der Waals surface area contributed by atoms with Crippen LogP contribution in [0.15, 0.2) is 79.4 Å². The number of carbonyl (C=O) groups excluding carboxylic acids is 1. The minimum Gasteiger partial charge on any atom is -0.504 e. The highest BCUT2D eigenvalue weighted by Crippen LogP contribution is 2.36. The van der Waals surface area contributed by atoms with Crippen LogP contribution >= 0.6 is 0 Å². The van der Waals surface area contributed by atoms with E-state index in [0.717, 1.165) is 28.1 Å². The van der Waals surface area contributed by atoms with Gasteiger partial charge in [-0.3, -0.25) is 9.48 Å². The SMILES string of the molecule is C=C(Nc1ccc(C(N)=O)cc1C)c1c(O)c(-c2ccccc2)nn1Cc1ccc(OC)cc1. The molecule has 0 bridgehead atoms. The van der Waals surface area contributed by atoms with E-state index >= 15 is 0 Å². The Hall–Kier alpha value is -4.52. The molecule has 0 spiro atoms. The van der Waals surface area contributed by atoms with Crippen LogP contribution in [0.3, 0.4) is 0 Å². The monoisotopic (exact) mass is 454 g/mol. The van der Waals surface area contributed by atoms with Crippen LogP contribution < -0.4 is 15.8 Å². The second-order valence-corrected chi connectivity index (χ2v) is 7.92. The quantitative estimate of drug-likeness (QED) is 0.355. The molecule has 0 unspecified atom stereocenters. The van der Waals surface area contributed by atoms with Gasteiger partial charge in [0.1, 0.15) is 17.1 Å². The highest BCUT2D eigenvalue weighted by atomic mass is 16.5. The van der Waals surface area contributed by atoms with Crippen LogP contribution in [0.2, 0.25) is 0 Å². The summed E-state index contributed by atoms with van der Waals surface area (Å²) in [5.41, 5.74) is 10.6. The molecular weight excluding hydrogens is 428 g/mol. The molecule has 172 valence electrons. The summed E-state index contributed by atoms with van der Waals surface area (Å²) in [7, 11) is 1.62. The highest BCUT2D eigenvalue weighted by Gasteiger charge is 2.21. The Labute approximate surface area is 198 Å². The molecule has 0 aliphatic carbocycles. The van der Waals surface area contributed by atoms with Gasteiger partial charge in [-0.05, 0) is 48.4 Å². The van der Waals surface area contributed by atoms with Gasteiger partial charge >= 0.3 is 0 Å². The number of primary amides is 1. The predicted octanol–water partition coefficient (Wildman–Crippen LogP) is 4.80. The fourth-order valence-corrected chi connectivity index (χ4v) is 3.74. The number of hydrogen-bond acceptors (Lipinski definition) is 5. The number of aromatic nitrogens is 2. The van der Waals surface area contributed by atoms with Gasteiger partial charge in [0.25, 0.3) is 0 Å². The zero-order chi connectivity index (χ0) is 24.2. The number of aromatic hydroxyl groups is 1. The van der Waals surface area contributed by atoms with E-state index in [1.54, 1.807) is 30.0 Å². The summed E-state index contributed by atoms with van der Waals surface area (Å²) in [5.74, 6) is 0.304. The molecule has 0 aliphatic rings. The molecule has 4 N–H and O–H groups in total. The number of aryl methyl sites for hydroxylation is 1. The number of benzene rings is 3. The maximum Gasteiger partial charge on any atom is 0.248 e. The smallest absolute Gasteiger partial charge is 0.248 e. The van der Waals surface area contributed by atoms with Crippen LogP contribution in [0.25, 0.3) is 17.0 Å². The van der Waals surface area contributed by atoms with E-state index in [-0.39, 0.29) is 5.75 Å². The number of anilines is 1. The van der Waals surface area contributed by atoms with Gasteiger partial charge in [0.15, 0.2) is 5.75 Å². The number of amides is 1. The van der Waals surface area contributed by atoms with E-state index in [4.69, 9.17) is 15.6 Å². The van der Waals surface area contributed by atoms with Crippen LogP contribution in [0.4, 0.5) is 5.69 Å². The van der Waals surface area contributed by atoms with Crippen molar-refractivity contribution in [3.63, 3.8) is 0 Å². The fourth-order valence-electron chi connectivity index (χ4n) is 3.74. The molecule has 1 aromatic heterocycles. The first-order valence-corrected chi connectivity index (χ1v) is 10.7. The molecule has 4 aromatic rings. The average molecular weight is 455 g/mol. The normalized spacial score (nSPS) is 10.6. The Morgan fingerprint density at radius 2 is 1.82 bits per heavy atom. The second-order valence-electron chi connectivity index (χ2n) is 7.92. The lowest BCUT2D eigenvalue weighted by atomic mass is 10.1. The van der Waals surface area contributed by atoms with Crippen LogP contribution in [-0.2, 0) is 6.54 Å². The molecule has 0 aliphatic heterocycles. The van der Waals surface area contributed by atoms with E-state index < -0.39 is 5.91 Å². The lowest BCUT2D eigenvalue weighted by Gasteiger charge is -2.15. The van der Waals surface area contributed by atoms with Crippen molar-refractivity contribution in [1.82, 2.24) is 9.78 Å². The third-order valence-corrected chi connectivity index (χ3v) is 5.55. The molecule has 0 fully saturated rings. The largest absolute Gasteiger partial charge is 0.504 e. The number of ether oxygens (including phenoxy) is 1. The first kappa shape index (κ1) is 22.7. The summed E-state index contributed by atoms with van der Waals surface area (Å²) in [5, 5.41) is 19.2. The number of nitrogens with zero attached hydrogens (tertiary/aromatic N) is 2. The minimum absolute atomic E-state index is 0.0311. The summed E-state index contributed by atoms with van der Waals surface area (Å²) in [4.78, 5) is 11.5. The van der Waals surface area contributed by atoms with Crippen molar-refractivity contribution in [2.24, 2.45) is 5.73 Å². The molecule has 34 heavy (non-hydrogen) atoms. The zero-order valence-corrected chi connectivity index (χ0v) is 19.1. The third kappa shape index (κ3) is 4.63. The van der Waals surface area contributed by atoms with Gasteiger partial charge in [-0.1, -0.05) is 49.0 Å². The van der Waals surface area contributed by atoms with Crippen molar-refractivity contribution in [2.45, 2.75) is 13.5 Å². The predicted molar refractivity (Wildman–Crippen MR) is 134 cm³/mol. The van der Waals surface area contributed by atoms with Gasteiger partial charge in [-0.15, -0.1) is 0 Å². The molecule has 3 aromatic carbocycles. The maximum absolute atomic E-state index is 11.5. The first-order chi connectivity index (χ1) is 16.4. The van der Waals surface area contributed by atoms with E-state index in [1.807, 2.05) is 61.5 Å². The molecule has 0 saturated carbocycles. The second kappa shape index (κ2) is 9.54. The van der Waals surface area contributed by atoms with E-state index in [9.17, 15) is 9.90 Å². The highest BCUT2D eigenvalue weighted by molar-refractivity contribution is 5.94. The first-order valence-electron chi connectivity index (χ1n) is 10.7. The van der Waals surface area contributed by atoms with Crippen molar-refractivity contribution < 1.29 is 14.6 Å². The lowest BCUT2D eigenvalue weighted by Crippen LogP contribution is -2.12. The van der Waals surface area contributed by atoms with Crippen molar-refractivity contribution in [3.05, 3.63) is 102 Å². The Morgan fingerprint density at radius 3 is 2.44 bits per heavy atom. The topological polar surface area (TPSA) is 102 Å². The molecule has 1 heterocycles. The van der Waals surface area contributed by atoms with Crippen molar-refractivity contribution >= 4 is 17.3 Å². The van der Waals surface area contributed by atoms with Gasteiger partial charge in [0.05, 0.1) is 19.4 Å². The third-order valence-electron chi connectivity index (χ3n) is 5.55. The molecular formula is C27H26N4O3. The van der Waals surface area contributed by atoms with Crippen molar-refractivity contribution in [2.75, 3.05) is 12.4 Å². The molecule has 7 heteroatoms. The molecule has 7 nitrogen and oxygen atoms in total. The Morgan fingerprint density at radius 1 is 1.12 bits per heavy atom. The number of nitrogens with one attached hydrogen (secondary N) is 1. The van der Waals surface area contributed by atoms with Gasteiger partial charge in [0.2, 0.25) is 5.91 Å². The van der Waals surface area contributed by atoms with Gasteiger partial charge in [0, 0.05) is 16.8 Å².